The standard InChI is InChI=1S/C13H16N2O3.C2H6/c1-7-9(6-10(14)13(16)17)8-4-3-5-11(18-2)12(8)15-7;1-2/h3-5,10,15H,6,14H2,1-2H3,(H,16,17);1-2H3. The summed E-state index contributed by atoms with van der Waals surface area (Å²) in [6.07, 6.45) is 0.300. The molecule has 20 heavy (non-hydrogen) atoms. The minimum Gasteiger partial charge on any atom is -0.495 e. The molecule has 2 aromatic rings. The molecule has 2 rings (SSSR count). The number of methoxy groups -OCH3 is 1. The van der Waals surface area contributed by atoms with Gasteiger partial charge in [0.2, 0.25) is 0 Å². The molecule has 5 nitrogen and oxygen atoms in total. The zero-order valence-corrected chi connectivity index (χ0v) is 12.4. The molecule has 0 amide bonds. The molecule has 1 aromatic carbocycles. The summed E-state index contributed by atoms with van der Waals surface area (Å²) in [5, 5.41) is 9.85. The molecule has 0 saturated heterocycles. The third-order valence-corrected chi connectivity index (χ3v) is 3.08. The van der Waals surface area contributed by atoms with Gasteiger partial charge in [0, 0.05) is 17.5 Å². The second-order valence-corrected chi connectivity index (χ2v) is 4.26. The minimum atomic E-state index is -0.994. The Morgan fingerprint density at radius 2 is 2.10 bits per heavy atom. The van der Waals surface area contributed by atoms with Crippen LogP contribution in [0.15, 0.2) is 18.2 Å². The van der Waals surface area contributed by atoms with Crippen molar-refractivity contribution in [2.75, 3.05) is 7.11 Å². The monoisotopic (exact) mass is 278 g/mol. The quantitative estimate of drug-likeness (QED) is 0.801. The van der Waals surface area contributed by atoms with E-state index in [9.17, 15) is 4.79 Å². The normalized spacial score (nSPS) is 11.7. The number of aromatic amines is 1. The molecule has 0 fully saturated rings. The molecular weight excluding hydrogens is 256 g/mol. The molecule has 1 aromatic heterocycles. The van der Waals surface area contributed by atoms with Crippen LogP contribution in [0.1, 0.15) is 25.1 Å². The number of aromatic nitrogens is 1. The van der Waals surface area contributed by atoms with Crippen molar-refractivity contribution in [2.24, 2.45) is 5.73 Å². The lowest BCUT2D eigenvalue weighted by atomic mass is 10.0. The van der Waals surface area contributed by atoms with E-state index in [1.54, 1.807) is 7.11 Å². The van der Waals surface area contributed by atoms with Crippen LogP contribution in [0.25, 0.3) is 10.9 Å². The fraction of sp³-hybridized carbons (Fsp3) is 0.400. The predicted octanol–water partition coefficient (Wildman–Crippen LogP) is 2.47. The number of carbonyl (C=O) groups is 1. The van der Waals surface area contributed by atoms with Crippen LogP contribution >= 0.6 is 0 Å². The number of benzene rings is 1. The van der Waals surface area contributed by atoms with E-state index >= 15 is 0 Å². The smallest absolute Gasteiger partial charge is 0.320 e. The topological polar surface area (TPSA) is 88.3 Å². The van der Waals surface area contributed by atoms with Crippen LogP contribution in [0.3, 0.4) is 0 Å². The Labute approximate surface area is 118 Å². The Morgan fingerprint density at radius 3 is 2.65 bits per heavy atom. The van der Waals surface area contributed by atoms with Gasteiger partial charge in [0.1, 0.15) is 11.8 Å². The summed E-state index contributed by atoms with van der Waals surface area (Å²) in [6, 6.07) is 4.78. The minimum absolute atomic E-state index is 0.300. The number of carboxylic acid groups (broad SMARTS) is 1. The Hall–Kier alpha value is -2.01. The van der Waals surface area contributed by atoms with Gasteiger partial charge in [-0.25, -0.2) is 0 Å². The molecule has 1 heterocycles. The van der Waals surface area contributed by atoms with E-state index in [1.165, 1.54) is 0 Å². The summed E-state index contributed by atoms with van der Waals surface area (Å²) in [4.78, 5) is 14.1. The number of nitrogens with two attached hydrogens (primary N) is 1. The number of hydrogen-bond acceptors (Lipinski definition) is 3. The average molecular weight is 278 g/mol. The number of para-hydroxylation sites is 1. The Kier molecular flexibility index (Phi) is 5.58. The summed E-state index contributed by atoms with van der Waals surface area (Å²) < 4.78 is 5.27. The van der Waals surface area contributed by atoms with Crippen LogP contribution in [0.5, 0.6) is 5.75 Å². The van der Waals surface area contributed by atoms with Crippen LogP contribution in [0.4, 0.5) is 0 Å². The Balaban J connectivity index is 0.000000956. The number of fused-ring (bicyclic) bond motifs is 1. The number of nitrogens with one attached hydrogen (secondary N) is 1. The van der Waals surface area contributed by atoms with Crippen molar-refractivity contribution in [2.45, 2.75) is 33.2 Å². The molecule has 0 aliphatic carbocycles. The number of H-pyrrole nitrogens is 1. The SMILES string of the molecule is CC.COc1cccc2c(CC(N)C(=O)O)c(C)[nH]c12. The highest BCUT2D eigenvalue weighted by Gasteiger charge is 2.18. The van der Waals surface area contributed by atoms with Crippen LogP contribution in [-0.4, -0.2) is 29.2 Å². The molecule has 1 atom stereocenters. The Bertz CT molecular complexity index is 590. The number of hydrogen-bond donors (Lipinski definition) is 3. The molecule has 4 N–H and O–H groups in total. The van der Waals surface area contributed by atoms with Gasteiger partial charge >= 0.3 is 5.97 Å². The maximum atomic E-state index is 10.8. The lowest BCUT2D eigenvalue weighted by Crippen LogP contribution is -2.32. The fourth-order valence-corrected chi connectivity index (χ4v) is 2.12. The zero-order chi connectivity index (χ0) is 15.3. The van der Waals surface area contributed by atoms with Crippen molar-refractivity contribution >= 4 is 16.9 Å². The van der Waals surface area contributed by atoms with E-state index in [0.29, 0.717) is 6.42 Å². The van der Waals surface area contributed by atoms with E-state index in [4.69, 9.17) is 15.6 Å². The highest BCUT2D eigenvalue weighted by Crippen LogP contribution is 2.29. The molecule has 0 radical (unpaired) electrons. The first-order valence-electron chi connectivity index (χ1n) is 6.67. The van der Waals surface area contributed by atoms with Crippen molar-refractivity contribution in [1.29, 1.82) is 0 Å². The molecule has 0 saturated carbocycles. The lowest BCUT2D eigenvalue weighted by Gasteiger charge is -2.06. The summed E-state index contributed by atoms with van der Waals surface area (Å²) in [7, 11) is 1.60. The van der Waals surface area contributed by atoms with Crippen molar-refractivity contribution < 1.29 is 14.6 Å². The van der Waals surface area contributed by atoms with Crippen LogP contribution in [-0.2, 0) is 11.2 Å². The van der Waals surface area contributed by atoms with E-state index in [0.717, 1.165) is 27.9 Å². The molecule has 0 aliphatic heterocycles. The third-order valence-electron chi connectivity index (χ3n) is 3.08. The lowest BCUT2D eigenvalue weighted by molar-refractivity contribution is -0.138. The molecule has 0 spiro atoms. The molecule has 0 aliphatic rings. The molecule has 5 heteroatoms. The van der Waals surface area contributed by atoms with E-state index in [2.05, 4.69) is 4.98 Å². The molecule has 0 bridgehead atoms. The van der Waals surface area contributed by atoms with Gasteiger partial charge in [-0.1, -0.05) is 26.0 Å². The summed E-state index contributed by atoms with van der Waals surface area (Å²) in [5.41, 5.74) is 8.33. The van der Waals surface area contributed by atoms with Gasteiger partial charge in [-0.05, 0) is 18.6 Å². The number of rotatable bonds is 4. The van der Waals surface area contributed by atoms with Gasteiger partial charge in [-0.2, -0.15) is 0 Å². The van der Waals surface area contributed by atoms with Crippen LogP contribution in [0.2, 0.25) is 0 Å². The van der Waals surface area contributed by atoms with Crippen molar-refractivity contribution in [3.05, 3.63) is 29.5 Å². The summed E-state index contributed by atoms with van der Waals surface area (Å²) in [6.45, 7) is 5.91. The predicted molar refractivity (Wildman–Crippen MR) is 80.3 cm³/mol. The molecular formula is C15H22N2O3. The van der Waals surface area contributed by atoms with Gasteiger partial charge in [0.15, 0.2) is 0 Å². The summed E-state index contributed by atoms with van der Waals surface area (Å²) >= 11 is 0. The number of aliphatic carboxylic acids is 1. The Morgan fingerprint density at radius 1 is 1.45 bits per heavy atom. The van der Waals surface area contributed by atoms with Gasteiger partial charge in [-0.15, -0.1) is 0 Å². The summed E-state index contributed by atoms with van der Waals surface area (Å²) in [5.74, 6) is -0.252. The molecule has 110 valence electrons. The van der Waals surface area contributed by atoms with Gasteiger partial charge < -0.3 is 20.6 Å². The van der Waals surface area contributed by atoms with E-state index in [1.807, 2.05) is 39.0 Å². The second-order valence-electron chi connectivity index (χ2n) is 4.26. The average Bonchev–Trinajstić information content (AvgIpc) is 2.77. The van der Waals surface area contributed by atoms with Gasteiger partial charge in [0.05, 0.1) is 12.6 Å². The maximum absolute atomic E-state index is 10.8. The highest BCUT2D eigenvalue weighted by molar-refractivity contribution is 5.90. The maximum Gasteiger partial charge on any atom is 0.320 e. The first kappa shape index (κ1) is 16.0. The largest absolute Gasteiger partial charge is 0.495 e. The molecule has 1 unspecified atom stereocenters. The zero-order valence-electron chi connectivity index (χ0n) is 12.4. The van der Waals surface area contributed by atoms with Crippen LogP contribution in [0, 0.1) is 6.92 Å². The van der Waals surface area contributed by atoms with Gasteiger partial charge in [0.25, 0.3) is 0 Å². The van der Waals surface area contributed by atoms with Crippen LogP contribution < -0.4 is 10.5 Å². The second kappa shape index (κ2) is 6.96. The first-order chi connectivity index (χ1) is 9.54. The number of carboxylic acids is 1. The van der Waals surface area contributed by atoms with Gasteiger partial charge in [-0.3, -0.25) is 4.79 Å². The van der Waals surface area contributed by atoms with Crippen molar-refractivity contribution in [3.63, 3.8) is 0 Å². The van der Waals surface area contributed by atoms with Crippen molar-refractivity contribution in [1.82, 2.24) is 4.98 Å². The van der Waals surface area contributed by atoms with E-state index in [-0.39, 0.29) is 0 Å². The van der Waals surface area contributed by atoms with Crippen molar-refractivity contribution in [3.8, 4) is 5.75 Å². The number of aryl methyl sites for hydroxylation is 1. The third kappa shape index (κ3) is 3.11. The first-order valence-corrected chi connectivity index (χ1v) is 6.67. The highest BCUT2D eigenvalue weighted by atomic mass is 16.5. The fourth-order valence-electron chi connectivity index (χ4n) is 2.12. The number of ether oxygens (including phenoxy) is 1. The van der Waals surface area contributed by atoms with E-state index < -0.39 is 12.0 Å².